The lowest BCUT2D eigenvalue weighted by Gasteiger charge is -2.31. The van der Waals surface area contributed by atoms with Crippen LogP contribution in [0.25, 0.3) is 0 Å². The lowest BCUT2D eigenvalue weighted by molar-refractivity contribution is -0.121. The van der Waals surface area contributed by atoms with Gasteiger partial charge in [0.2, 0.25) is 5.91 Å². The van der Waals surface area contributed by atoms with E-state index in [1.807, 2.05) is 55.5 Å². The Morgan fingerprint density at radius 1 is 1.05 bits per heavy atom. The van der Waals surface area contributed by atoms with Crippen LogP contribution in [0.1, 0.15) is 18.1 Å². The van der Waals surface area contributed by atoms with E-state index in [2.05, 4.69) is 17.4 Å². The number of carbonyl (C=O) groups excluding carboxylic acids is 1. The average Bonchev–Trinajstić information content (AvgIpc) is 2.49. The highest BCUT2D eigenvalue weighted by Crippen LogP contribution is 2.25. The quantitative estimate of drug-likeness (QED) is 0.818. The summed E-state index contributed by atoms with van der Waals surface area (Å²) in [5.41, 5.74) is 7.23. The Labute approximate surface area is 119 Å². The van der Waals surface area contributed by atoms with Gasteiger partial charge in [-0.15, -0.1) is 0 Å². The highest BCUT2D eigenvalue weighted by atomic mass is 16.2. The van der Waals surface area contributed by atoms with Gasteiger partial charge in [-0.1, -0.05) is 60.7 Å². The summed E-state index contributed by atoms with van der Waals surface area (Å²) in [5.74, 6) is -0.146. The van der Waals surface area contributed by atoms with Crippen LogP contribution in [0.4, 0.5) is 0 Å². The Morgan fingerprint density at radius 2 is 1.60 bits per heavy atom. The number of amides is 1. The van der Waals surface area contributed by atoms with Crippen LogP contribution in [0.15, 0.2) is 60.7 Å². The van der Waals surface area contributed by atoms with Crippen molar-refractivity contribution in [2.75, 3.05) is 6.54 Å². The molecule has 0 aliphatic carbocycles. The van der Waals surface area contributed by atoms with Crippen molar-refractivity contribution >= 4 is 5.91 Å². The van der Waals surface area contributed by atoms with Crippen LogP contribution in [0, 0.1) is 0 Å². The van der Waals surface area contributed by atoms with Gasteiger partial charge in [0, 0.05) is 0 Å². The first-order valence-corrected chi connectivity index (χ1v) is 6.74. The van der Waals surface area contributed by atoms with Crippen molar-refractivity contribution in [2.24, 2.45) is 5.73 Å². The van der Waals surface area contributed by atoms with Crippen molar-refractivity contribution in [1.82, 2.24) is 5.32 Å². The molecule has 3 nitrogen and oxygen atoms in total. The molecule has 3 heteroatoms. The van der Waals surface area contributed by atoms with Crippen LogP contribution >= 0.6 is 0 Å². The van der Waals surface area contributed by atoms with Crippen LogP contribution in [0.3, 0.4) is 0 Å². The molecule has 0 heterocycles. The maximum atomic E-state index is 11.8. The van der Waals surface area contributed by atoms with Gasteiger partial charge in [0.15, 0.2) is 0 Å². The van der Waals surface area contributed by atoms with E-state index in [1.54, 1.807) is 0 Å². The van der Waals surface area contributed by atoms with Gasteiger partial charge in [-0.2, -0.15) is 0 Å². The zero-order valence-corrected chi connectivity index (χ0v) is 11.7. The number of nitrogens with two attached hydrogens (primary N) is 1. The smallest absolute Gasteiger partial charge is 0.234 e. The van der Waals surface area contributed by atoms with Gasteiger partial charge in [0.1, 0.15) is 0 Å². The van der Waals surface area contributed by atoms with E-state index >= 15 is 0 Å². The molecule has 2 rings (SSSR count). The maximum Gasteiger partial charge on any atom is 0.234 e. The molecule has 0 aromatic heterocycles. The molecular formula is C17H20N2O. The number of carbonyl (C=O) groups is 1. The lowest BCUT2D eigenvalue weighted by atomic mass is 9.86. The van der Waals surface area contributed by atoms with Crippen molar-refractivity contribution in [3.63, 3.8) is 0 Å². The fraction of sp³-hybridized carbons (Fsp3) is 0.235. The third-order valence-electron chi connectivity index (χ3n) is 3.41. The Bertz CT molecular complexity index is 554. The van der Waals surface area contributed by atoms with Gasteiger partial charge < -0.3 is 11.1 Å². The molecule has 1 unspecified atom stereocenters. The normalized spacial score (nSPS) is 13.5. The third-order valence-corrected chi connectivity index (χ3v) is 3.41. The van der Waals surface area contributed by atoms with E-state index in [4.69, 9.17) is 5.73 Å². The fourth-order valence-corrected chi connectivity index (χ4v) is 2.39. The number of nitrogens with one attached hydrogen (secondary N) is 1. The zero-order valence-electron chi connectivity index (χ0n) is 11.7. The second-order valence-corrected chi connectivity index (χ2v) is 5.11. The first-order chi connectivity index (χ1) is 9.64. The highest BCUT2D eigenvalue weighted by molar-refractivity contribution is 5.78. The summed E-state index contributed by atoms with van der Waals surface area (Å²) in [7, 11) is 0. The number of hydrogen-bond acceptors (Lipinski definition) is 2. The molecule has 0 radical (unpaired) electrons. The predicted octanol–water partition coefficient (Wildman–Crippen LogP) is 2.22. The van der Waals surface area contributed by atoms with Crippen LogP contribution in [0.5, 0.6) is 0 Å². The van der Waals surface area contributed by atoms with Crippen molar-refractivity contribution in [2.45, 2.75) is 18.9 Å². The van der Waals surface area contributed by atoms with Crippen LogP contribution in [-0.4, -0.2) is 12.5 Å². The standard InChI is InChI=1S/C17H20N2O/c1-17(19-16(20)13-18,15-10-6-3-7-11-15)12-14-8-4-2-5-9-14/h2-11H,12-13,18H2,1H3,(H,19,20)/i16+1. The van der Waals surface area contributed by atoms with Gasteiger partial charge in [0.25, 0.3) is 0 Å². The average molecular weight is 269 g/mol. The molecule has 1 atom stereocenters. The van der Waals surface area contributed by atoms with Crippen molar-refractivity contribution in [3.8, 4) is 0 Å². The Kier molecular flexibility index (Phi) is 4.53. The molecule has 0 saturated heterocycles. The molecule has 104 valence electrons. The summed E-state index contributed by atoms with van der Waals surface area (Å²) in [6.07, 6.45) is 0.726. The first-order valence-electron chi connectivity index (χ1n) is 6.74. The topological polar surface area (TPSA) is 55.1 Å². The molecule has 0 spiro atoms. The first kappa shape index (κ1) is 14.3. The van der Waals surface area contributed by atoms with Crippen molar-refractivity contribution < 1.29 is 4.79 Å². The van der Waals surface area contributed by atoms with Crippen molar-refractivity contribution in [3.05, 3.63) is 71.8 Å². The Hall–Kier alpha value is -2.13. The van der Waals surface area contributed by atoms with Gasteiger partial charge in [-0.25, -0.2) is 0 Å². The molecule has 20 heavy (non-hydrogen) atoms. The monoisotopic (exact) mass is 269 g/mol. The minimum absolute atomic E-state index is 0.00276. The summed E-state index contributed by atoms with van der Waals surface area (Å²) < 4.78 is 0. The van der Waals surface area contributed by atoms with E-state index in [0.29, 0.717) is 0 Å². The Morgan fingerprint density at radius 3 is 2.15 bits per heavy atom. The van der Waals surface area contributed by atoms with E-state index in [1.165, 1.54) is 5.56 Å². The second-order valence-electron chi connectivity index (χ2n) is 5.11. The molecule has 2 aromatic rings. The molecule has 3 N–H and O–H groups in total. The van der Waals surface area contributed by atoms with E-state index in [9.17, 15) is 4.79 Å². The van der Waals surface area contributed by atoms with Crippen LogP contribution < -0.4 is 11.1 Å². The van der Waals surface area contributed by atoms with E-state index < -0.39 is 5.54 Å². The molecule has 0 saturated carbocycles. The maximum absolute atomic E-state index is 11.8. The molecule has 2 aromatic carbocycles. The number of hydrogen-bond donors (Lipinski definition) is 2. The SMILES string of the molecule is CC(Cc1ccccc1)(N[13C](=O)CN)c1ccccc1. The Balaban J connectivity index is 2.31. The van der Waals surface area contributed by atoms with Gasteiger partial charge in [0.05, 0.1) is 12.1 Å². The zero-order chi connectivity index (χ0) is 14.4. The summed E-state index contributed by atoms with van der Waals surface area (Å²) in [5, 5.41) is 3.04. The molecule has 0 fully saturated rings. The minimum atomic E-state index is -0.459. The number of benzene rings is 2. The van der Waals surface area contributed by atoms with Gasteiger partial charge >= 0.3 is 0 Å². The highest BCUT2D eigenvalue weighted by Gasteiger charge is 2.28. The predicted molar refractivity (Wildman–Crippen MR) is 81.1 cm³/mol. The molecule has 1 amide bonds. The van der Waals surface area contributed by atoms with Crippen LogP contribution in [-0.2, 0) is 16.8 Å². The summed E-state index contributed by atoms with van der Waals surface area (Å²) in [6.45, 7) is 2.03. The van der Waals surface area contributed by atoms with Crippen molar-refractivity contribution in [1.29, 1.82) is 0 Å². The van der Waals surface area contributed by atoms with Crippen LogP contribution in [0.2, 0.25) is 0 Å². The van der Waals surface area contributed by atoms with Gasteiger partial charge in [-0.3, -0.25) is 4.79 Å². The summed E-state index contributed by atoms with van der Waals surface area (Å²) >= 11 is 0. The van der Waals surface area contributed by atoms with Gasteiger partial charge in [-0.05, 0) is 24.5 Å². The molecular weight excluding hydrogens is 249 g/mol. The lowest BCUT2D eigenvalue weighted by Crippen LogP contribution is -2.47. The second kappa shape index (κ2) is 6.35. The molecule has 0 aliphatic heterocycles. The minimum Gasteiger partial charge on any atom is -0.345 e. The van der Waals surface area contributed by atoms with E-state index in [0.717, 1.165) is 12.0 Å². The third kappa shape index (κ3) is 3.45. The van der Waals surface area contributed by atoms with E-state index in [-0.39, 0.29) is 12.5 Å². The fourth-order valence-electron chi connectivity index (χ4n) is 2.39. The number of rotatable bonds is 5. The summed E-state index contributed by atoms with van der Waals surface area (Å²) in [4.78, 5) is 11.8. The molecule has 0 aliphatic rings. The largest absolute Gasteiger partial charge is 0.345 e. The molecule has 0 bridgehead atoms. The summed E-state index contributed by atoms with van der Waals surface area (Å²) in [6, 6.07) is 20.1.